The highest BCUT2D eigenvalue weighted by Gasteiger charge is 2.63. The highest BCUT2D eigenvalue weighted by molar-refractivity contribution is 5.87. The van der Waals surface area contributed by atoms with E-state index in [1.54, 1.807) is 48.5 Å². The minimum atomic E-state index is -1.49. The molecule has 1 aliphatic rings. The van der Waals surface area contributed by atoms with Crippen molar-refractivity contribution in [2.75, 3.05) is 14.1 Å². The molecule has 4 atom stereocenters. The lowest BCUT2D eigenvalue weighted by atomic mass is 9.63. The summed E-state index contributed by atoms with van der Waals surface area (Å²) >= 11 is 0. The predicted octanol–water partition coefficient (Wildman–Crippen LogP) is 5.41. The second kappa shape index (κ2) is 15.0. The number of amides is 4. The van der Waals surface area contributed by atoms with Gasteiger partial charge in [0.05, 0.1) is 23.9 Å². The Morgan fingerprint density at radius 3 is 1.15 bits per heavy atom. The summed E-state index contributed by atoms with van der Waals surface area (Å²) in [5, 5.41) is 25.6. The average molecular weight is 653 g/mol. The van der Waals surface area contributed by atoms with Crippen LogP contribution in [0, 0.1) is 11.8 Å². The number of carboxylic acid groups (broad SMARTS) is 2. The third-order valence-corrected chi connectivity index (χ3v) is 8.22. The Kier molecular flexibility index (Phi) is 10.4. The molecule has 0 aliphatic heterocycles. The Hall–Kier alpha value is -6.04. The van der Waals surface area contributed by atoms with Gasteiger partial charge >= 0.3 is 24.0 Å². The number of carboxylic acids is 2. The summed E-state index contributed by atoms with van der Waals surface area (Å²) in [7, 11) is 2.81. The highest BCUT2D eigenvalue weighted by Crippen LogP contribution is 2.44. The smallest absolute Gasteiger partial charge is 0.317 e. The third-order valence-electron chi connectivity index (χ3n) is 8.22. The number of urea groups is 2. The molecule has 4 amide bonds. The molecule has 0 spiro atoms. The van der Waals surface area contributed by atoms with Crippen molar-refractivity contribution < 1.29 is 38.9 Å². The lowest BCUT2D eigenvalue weighted by molar-refractivity contribution is -0.176. The monoisotopic (exact) mass is 652 g/mol. The van der Waals surface area contributed by atoms with E-state index in [0.717, 1.165) is 0 Å². The minimum absolute atomic E-state index is 0.0598. The van der Waals surface area contributed by atoms with E-state index in [1.807, 2.05) is 60.7 Å². The van der Waals surface area contributed by atoms with E-state index in [9.17, 15) is 29.4 Å². The molecule has 48 heavy (non-hydrogen) atoms. The highest BCUT2D eigenvalue weighted by atomic mass is 16.5. The molecule has 248 valence electrons. The van der Waals surface area contributed by atoms with Crippen molar-refractivity contribution in [3.8, 4) is 23.0 Å². The van der Waals surface area contributed by atoms with E-state index >= 15 is 0 Å². The van der Waals surface area contributed by atoms with E-state index in [-0.39, 0.29) is 13.1 Å². The molecule has 12 heteroatoms. The molecule has 1 fully saturated rings. The first kappa shape index (κ1) is 33.3. The van der Waals surface area contributed by atoms with E-state index in [0.29, 0.717) is 34.1 Å². The Labute approximate surface area is 277 Å². The number of ether oxygens (including phenoxy) is 2. The summed E-state index contributed by atoms with van der Waals surface area (Å²) in [4.78, 5) is 54.5. The summed E-state index contributed by atoms with van der Waals surface area (Å²) in [6.07, 6.45) is 0. The van der Waals surface area contributed by atoms with Crippen LogP contribution in [-0.2, 0) is 22.7 Å². The summed E-state index contributed by atoms with van der Waals surface area (Å²) in [5.41, 5.74) is 1.28. The van der Waals surface area contributed by atoms with Gasteiger partial charge in [0.2, 0.25) is 0 Å². The molecule has 0 heterocycles. The third kappa shape index (κ3) is 7.49. The number of para-hydroxylation sites is 2. The van der Waals surface area contributed by atoms with Gasteiger partial charge in [0.25, 0.3) is 0 Å². The number of nitrogens with zero attached hydrogens (tertiary/aromatic N) is 2. The van der Waals surface area contributed by atoms with Gasteiger partial charge in [-0.3, -0.25) is 9.59 Å². The molecular formula is C36H36N4O8. The van der Waals surface area contributed by atoms with Crippen LogP contribution in [0.4, 0.5) is 9.59 Å². The van der Waals surface area contributed by atoms with Gasteiger partial charge in [-0.2, -0.15) is 0 Å². The number of carbonyl (C=O) groups is 4. The molecule has 0 aromatic heterocycles. The molecule has 1 saturated carbocycles. The molecule has 12 nitrogen and oxygen atoms in total. The first-order valence-electron chi connectivity index (χ1n) is 15.3. The fourth-order valence-electron chi connectivity index (χ4n) is 5.94. The zero-order valence-electron chi connectivity index (χ0n) is 26.4. The molecule has 0 unspecified atom stereocenters. The Morgan fingerprint density at radius 1 is 0.542 bits per heavy atom. The van der Waals surface area contributed by atoms with Crippen LogP contribution >= 0.6 is 0 Å². The molecule has 0 radical (unpaired) electrons. The van der Waals surface area contributed by atoms with Gasteiger partial charge in [0.15, 0.2) is 0 Å². The van der Waals surface area contributed by atoms with Gasteiger partial charge in [-0.1, -0.05) is 60.7 Å². The zero-order valence-corrected chi connectivity index (χ0v) is 26.4. The number of carbonyl (C=O) groups excluding carboxylic acids is 2. The topological polar surface area (TPSA) is 158 Å². The second-order valence-electron chi connectivity index (χ2n) is 11.2. The van der Waals surface area contributed by atoms with Crippen molar-refractivity contribution in [2.24, 2.45) is 11.8 Å². The number of hydrogen-bond donors (Lipinski definition) is 4. The van der Waals surface area contributed by atoms with E-state index in [2.05, 4.69) is 10.6 Å². The number of nitrogens with one attached hydrogen (secondary N) is 2. The van der Waals surface area contributed by atoms with E-state index < -0.39 is 47.9 Å². The van der Waals surface area contributed by atoms with E-state index in [4.69, 9.17) is 9.47 Å². The molecular weight excluding hydrogens is 616 g/mol. The van der Waals surface area contributed by atoms with Crippen LogP contribution in [-0.4, -0.2) is 70.2 Å². The average Bonchev–Trinajstić information content (AvgIpc) is 3.08. The standard InChI is InChI=1S/C36H36N4O8/c1-37-35(45)39(21-23-13-17-27(18-14-23)47-25-9-5-3-6-10-25)31-29(33(41)42)30(34(43)44)32(31)40(36(46)38-2)22-24-15-19-28(20-16-24)48-26-11-7-4-8-12-26/h3-20,29-32H,21-22H2,1-2H3,(H,37,45)(H,38,46)(H,41,42)(H,43,44)/t29-,30-,31-,32-/m0/s1. The summed E-state index contributed by atoms with van der Waals surface area (Å²) in [6.45, 7) is -0.120. The maximum atomic E-state index is 13.4. The number of aliphatic carboxylic acids is 2. The first-order chi connectivity index (χ1) is 23.2. The van der Waals surface area contributed by atoms with Gasteiger partial charge in [0.1, 0.15) is 23.0 Å². The maximum absolute atomic E-state index is 13.4. The lowest BCUT2D eigenvalue weighted by Gasteiger charge is -2.55. The summed E-state index contributed by atoms with van der Waals surface area (Å²) < 4.78 is 11.7. The van der Waals surface area contributed by atoms with Crippen molar-refractivity contribution in [3.05, 3.63) is 120 Å². The van der Waals surface area contributed by atoms with Crippen LogP contribution in [0.5, 0.6) is 23.0 Å². The van der Waals surface area contributed by atoms with Crippen molar-refractivity contribution in [2.45, 2.75) is 25.2 Å². The zero-order chi connectivity index (χ0) is 34.2. The summed E-state index contributed by atoms with van der Waals surface area (Å²) in [5.74, 6) is -3.35. The molecule has 4 N–H and O–H groups in total. The normalized spacial score (nSPS) is 18.0. The van der Waals surface area contributed by atoms with Crippen LogP contribution in [0.2, 0.25) is 0 Å². The number of rotatable bonds is 12. The van der Waals surface area contributed by atoms with Gasteiger partial charge in [-0.15, -0.1) is 0 Å². The molecule has 5 rings (SSSR count). The van der Waals surface area contributed by atoms with Gasteiger partial charge < -0.3 is 40.1 Å². The minimum Gasteiger partial charge on any atom is -0.481 e. The fraction of sp³-hybridized carbons (Fsp3) is 0.222. The van der Waals surface area contributed by atoms with Crippen molar-refractivity contribution in [3.63, 3.8) is 0 Å². The van der Waals surface area contributed by atoms with Crippen LogP contribution in [0.1, 0.15) is 11.1 Å². The Morgan fingerprint density at radius 2 is 0.854 bits per heavy atom. The summed E-state index contributed by atoms with van der Waals surface area (Å²) in [6, 6.07) is 28.6. The van der Waals surface area contributed by atoms with E-state index in [1.165, 1.54) is 23.9 Å². The number of benzene rings is 4. The van der Waals surface area contributed by atoms with Gasteiger partial charge in [-0.25, -0.2) is 9.59 Å². The van der Waals surface area contributed by atoms with Crippen molar-refractivity contribution in [1.29, 1.82) is 0 Å². The molecule has 4 aromatic carbocycles. The first-order valence-corrected chi connectivity index (χ1v) is 15.3. The second-order valence-corrected chi connectivity index (χ2v) is 11.2. The fourth-order valence-corrected chi connectivity index (χ4v) is 5.94. The maximum Gasteiger partial charge on any atom is 0.317 e. The molecule has 1 aliphatic carbocycles. The molecule has 0 saturated heterocycles. The SMILES string of the molecule is CNC(=O)N(Cc1ccc(Oc2ccccc2)cc1)[C@H]1[C@@H](C(=O)O)[C@H](C(=O)O)[C@@H]1N(Cc1ccc(Oc2ccccc2)cc1)C(=O)NC. The van der Waals surface area contributed by atoms with Crippen molar-refractivity contribution >= 4 is 24.0 Å². The van der Waals surface area contributed by atoms with Crippen LogP contribution < -0.4 is 20.1 Å². The van der Waals surface area contributed by atoms with Crippen LogP contribution in [0.25, 0.3) is 0 Å². The Bertz CT molecular complexity index is 1590. The predicted molar refractivity (Wildman–Crippen MR) is 176 cm³/mol. The molecule has 0 bridgehead atoms. The Balaban J connectivity index is 1.43. The quantitative estimate of drug-likeness (QED) is 0.158. The lowest BCUT2D eigenvalue weighted by Crippen LogP contribution is -2.74. The molecule has 4 aromatic rings. The van der Waals surface area contributed by atoms with Crippen LogP contribution in [0.15, 0.2) is 109 Å². The van der Waals surface area contributed by atoms with Gasteiger partial charge in [-0.05, 0) is 59.7 Å². The van der Waals surface area contributed by atoms with Crippen molar-refractivity contribution in [1.82, 2.24) is 20.4 Å². The van der Waals surface area contributed by atoms with Gasteiger partial charge in [0, 0.05) is 27.2 Å². The van der Waals surface area contributed by atoms with Crippen LogP contribution in [0.3, 0.4) is 0 Å². The largest absolute Gasteiger partial charge is 0.481 e. The number of hydrogen-bond acceptors (Lipinski definition) is 6.